The number of benzene rings is 3. The Labute approximate surface area is 238 Å². The zero-order chi connectivity index (χ0) is 29.2. The molecule has 1 unspecified atom stereocenters. The summed E-state index contributed by atoms with van der Waals surface area (Å²) >= 11 is 6.42. The summed E-state index contributed by atoms with van der Waals surface area (Å²) in [4.78, 5) is 27.1. The van der Waals surface area contributed by atoms with E-state index in [1.165, 1.54) is 31.4 Å². The molecule has 1 heterocycles. The third-order valence-electron chi connectivity index (χ3n) is 6.75. The number of nitrogens with two attached hydrogens (primary N) is 1. The molecule has 212 valence electrons. The second kappa shape index (κ2) is 11.4. The third-order valence-corrected chi connectivity index (χ3v) is 8.90. The zero-order valence-corrected chi connectivity index (χ0v) is 24.2. The van der Waals surface area contributed by atoms with Crippen molar-refractivity contribution >= 4 is 44.8 Å². The largest absolute Gasteiger partial charge is 0.495 e. The molecule has 0 bridgehead atoms. The second-order valence-electron chi connectivity index (χ2n) is 8.99. The molecule has 0 fully saturated rings. The number of ether oxygens (including phenoxy) is 2. The molecule has 10 nitrogen and oxygen atoms in total. The van der Waals surface area contributed by atoms with Crippen LogP contribution in [0.1, 0.15) is 31.9 Å². The average molecular weight is 587 g/mol. The van der Waals surface area contributed by atoms with Crippen LogP contribution in [0.4, 0.5) is 16.2 Å². The van der Waals surface area contributed by atoms with Crippen LogP contribution >= 0.6 is 11.6 Å². The highest BCUT2D eigenvalue weighted by Gasteiger charge is 2.49. The highest BCUT2D eigenvalue weighted by atomic mass is 35.5. The smallest absolute Gasteiger partial charge is 0.321 e. The lowest BCUT2D eigenvalue weighted by atomic mass is 9.85. The molecule has 3 aromatic rings. The Balaban J connectivity index is 1.87. The molecule has 4 N–H and O–H groups in total. The van der Waals surface area contributed by atoms with Crippen molar-refractivity contribution in [3.05, 3.63) is 70.7 Å². The summed E-state index contributed by atoms with van der Waals surface area (Å²) in [7, 11) is -2.99. The van der Waals surface area contributed by atoms with Gasteiger partial charge in [0.25, 0.3) is 5.91 Å². The number of anilines is 2. The number of rotatable bonds is 9. The number of carbonyl (C=O) groups is 2. The maximum absolute atomic E-state index is 14.1. The van der Waals surface area contributed by atoms with Crippen molar-refractivity contribution in [3.63, 3.8) is 0 Å². The fourth-order valence-electron chi connectivity index (χ4n) is 4.67. The molecule has 0 radical (unpaired) electrons. The van der Waals surface area contributed by atoms with Crippen LogP contribution in [0.2, 0.25) is 5.02 Å². The molecule has 0 aromatic heterocycles. The lowest BCUT2D eigenvalue weighted by molar-refractivity contribution is -0.119. The lowest BCUT2D eigenvalue weighted by Gasteiger charge is -2.24. The van der Waals surface area contributed by atoms with Crippen molar-refractivity contribution in [2.75, 3.05) is 37.4 Å². The molecule has 0 spiro atoms. The molecule has 0 saturated heterocycles. The molecule has 12 heteroatoms. The van der Waals surface area contributed by atoms with Crippen molar-refractivity contribution in [1.82, 2.24) is 4.90 Å². The molecule has 40 heavy (non-hydrogen) atoms. The van der Waals surface area contributed by atoms with Gasteiger partial charge in [-0.15, -0.1) is 0 Å². The van der Waals surface area contributed by atoms with E-state index in [4.69, 9.17) is 26.8 Å². The van der Waals surface area contributed by atoms with Gasteiger partial charge in [0.05, 0.1) is 24.3 Å². The first kappa shape index (κ1) is 29.2. The minimum atomic E-state index is -4.32. The van der Waals surface area contributed by atoms with Gasteiger partial charge in [-0.2, -0.15) is 0 Å². The van der Waals surface area contributed by atoms with Crippen molar-refractivity contribution in [1.29, 1.82) is 0 Å². The van der Waals surface area contributed by atoms with Crippen molar-refractivity contribution < 1.29 is 27.5 Å². The zero-order valence-electron chi connectivity index (χ0n) is 22.6. The number of nitrogens with zero attached hydrogens (tertiary/aromatic N) is 1. The van der Waals surface area contributed by atoms with Crippen LogP contribution in [-0.2, 0) is 20.2 Å². The summed E-state index contributed by atoms with van der Waals surface area (Å²) < 4.78 is 39.4. The van der Waals surface area contributed by atoms with Gasteiger partial charge in [-0.05, 0) is 45.0 Å². The Hall–Kier alpha value is -3.80. The Morgan fingerprint density at radius 1 is 1.05 bits per heavy atom. The maximum atomic E-state index is 14.1. The van der Waals surface area contributed by atoms with Gasteiger partial charge in [-0.1, -0.05) is 29.8 Å². The molecule has 0 saturated carbocycles. The predicted octanol–water partition coefficient (Wildman–Crippen LogP) is 4.61. The molecule has 1 aliphatic rings. The topological polar surface area (TPSA) is 140 Å². The van der Waals surface area contributed by atoms with Crippen LogP contribution in [0.25, 0.3) is 0 Å². The van der Waals surface area contributed by atoms with Crippen LogP contribution < -0.4 is 25.8 Å². The Morgan fingerprint density at radius 2 is 1.75 bits per heavy atom. The highest BCUT2D eigenvalue weighted by Crippen LogP contribution is 2.48. The SMILES string of the molecule is CCOc1cc2c(c(S(=O)(=O)c3ccc(NC(=O)N(CC)CC)cc3OC)c1)NC(=O)C2(N)c1ccccc1Cl. The maximum Gasteiger partial charge on any atom is 0.321 e. The Morgan fingerprint density at radius 3 is 2.38 bits per heavy atom. The fraction of sp³-hybridized carbons (Fsp3) is 0.286. The highest BCUT2D eigenvalue weighted by molar-refractivity contribution is 7.91. The van der Waals surface area contributed by atoms with Crippen LogP contribution in [0.5, 0.6) is 11.5 Å². The van der Waals surface area contributed by atoms with Gasteiger partial charge in [-0.25, -0.2) is 13.2 Å². The summed E-state index contributed by atoms with van der Waals surface area (Å²) in [5, 5.41) is 5.67. The van der Waals surface area contributed by atoms with Gasteiger partial charge >= 0.3 is 6.03 Å². The molecule has 3 aromatic carbocycles. The molecule has 1 atom stereocenters. The van der Waals surface area contributed by atoms with Gasteiger partial charge in [0, 0.05) is 47.1 Å². The second-order valence-corrected chi connectivity index (χ2v) is 11.3. The minimum absolute atomic E-state index is 0.00217. The number of halogens is 1. The molecule has 0 aliphatic carbocycles. The number of nitrogens with one attached hydrogen (secondary N) is 2. The molecular weight excluding hydrogens is 556 g/mol. The van der Waals surface area contributed by atoms with E-state index < -0.39 is 21.3 Å². The normalized spacial score (nSPS) is 16.2. The molecular formula is C28H31ClN4O6S. The quantitative estimate of drug-likeness (QED) is 0.333. The standard InChI is InChI=1S/C28H31ClN4O6S/c1-5-33(6-2)27(35)31-17-12-13-23(22(14-17)38-4)40(36,37)24-16-18(39-7-3)15-20-25(24)32-26(34)28(20,30)19-10-8-9-11-21(19)29/h8-16H,5-7,30H2,1-4H3,(H,31,35)(H,32,34). The van der Waals surface area contributed by atoms with E-state index >= 15 is 0 Å². The summed E-state index contributed by atoms with van der Waals surface area (Å²) in [5.41, 5.74) is 5.84. The van der Waals surface area contributed by atoms with E-state index in [-0.39, 0.29) is 50.2 Å². The van der Waals surface area contributed by atoms with E-state index in [0.29, 0.717) is 24.3 Å². The predicted molar refractivity (Wildman–Crippen MR) is 153 cm³/mol. The van der Waals surface area contributed by atoms with Gasteiger partial charge in [0.15, 0.2) is 5.54 Å². The number of methoxy groups -OCH3 is 1. The lowest BCUT2D eigenvalue weighted by Crippen LogP contribution is -2.44. The van der Waals surface area contributed by atoms with Crippen LogP contribution in [-0.4, -0.2) is 52.1 Å². The van der Waals surface area contributed by atoms with Crippen LogP contribution in [0.3, 0.4) is 0 Å². The summed E-state index contributed by atoms with van der Waals surface area (Å²) in [6.45, 7) is 6.73. The van der Waals surface area contributed by atoms with Gasteiger partial charge in [0.1, 0.15) is 16.4 Å². The number of urea groups is 1. The first-order valence-electron chi connectivity index (χ1n) is 12.7. The first-order valence-corrected chi connectivity index (χ1v) is 14.5. The monoisotopic (exact) mass is 586 g/mol. The number of carbonyl (C=O) groups excluding carboxylic acids is 2. The third kappa shape index (κ3) is 4.96. The van der Waals surface area contributed by atoms with Crippen molar-refractivity contribution in [2.24, 2.45) is 5.73 Å². The Bertz CT molecular complexity index is 1570. The fourth-order valence-corrected chi connectivity index (χ4v) is 6.55. The van der Waals surface area contributed by atoms with E-state index in [2.05, 4.69) is 10.6 Å². The van der Waals surface area contributed by atoms with E-state index in [0.717, 1.165) is 0 Å². The summed E-state index contributed by atoms with van der Waals surface area (Å²) in [6, 6.07) is 13.4. The number of fused-ring (bicyclic) bond motifs is 1. The minimum Gasteiger partial charge on any atom is -0.495 e. The number of amides is 3. The van der Waals surface area contributed by atoms with E-state index in [1.807, 2.05) is 13.8 Å². The van der Waals surface area contributed by atoms with E-state index in [1.54, 1.807) is 42.2 Å². The van der Waals surface area contributed by atoms with Crippen molar-refractivity contribution in [2.45, 2.75) is 36.1 Å². The molecule has 4 rings (SSSR count). The van der Waals surface area contributed by atoms with Gasteiger partial charge in [-0.3, -0.25) is 4.79 Å². The van der Waals surface area contributed by atoms with Crippen LogP contribution in [0, 0.1) is 0 Å². The average Bonchev–Trinajstić information content (AvgIpc) is 3.19. The first-order chi connectivity index (χ1) is 19.0. The molecule has 3 amide bonds. The number of hydrogen-bond acceptors (Lipinski definition) is 7. The van der Waals surface area contributed by atoms with Gasteiger partial charge in [0.2, 0.25) is 9.84 Å². The number of sulfone groups is 1. The molecule has 1 aliphatic heterocycles. The van der Waals surface area contributed by atoms with Crippen molar-refractivity contribution in [3.8, 4) is 11.5 Å². The summed E-state index contributed by atoms with van der Waals surface area (Å²) in [5.74, 6) is -0.426. The van der Waals surface area contributed by atoms with Gasteiger partial charge < -0.3 is 30.7 Å². The Kier molecular flexibility index (Phi) is 8.29. The summed E-state index contributed by atoms with van der Waals surface area (Å²) in [6.07, 6.45) is 0. The van der Waals surface area contributed by atoms with Crippen LogP contribution in [0.15, 0.2) is 64.4 Å². The number of hydrogen-bond donors (Lipinski definition) is 3. The van der Waals surface area contributed by atoms with E-state index in [9.17, 15) is 18.0 Å².